The number of ether oxygens (including phenoxy) is 2. The lowest BCUT2D eigenvalue weighted by Gasteiger charge is -2.38. The van der Waals surface area contributed by atoms with Gasteiger partial charge in [-0.05, 0) is 44.6 Å². The molecule has 2 saturated heterocycles. The van der Waals surface area contributed by atoms with E-state index in [4.69, 9.17) is 14.4 Å². The van der Waals surface area contributed by atoms with Crippen LogP contribution in [0.1, 0.15) is 61.3 Å². The normalized spacial score (nSPS) is 22.2. The van der Waals surface area contributed by atoms with Gasteiger partial charge in [-0.15, -0.1) is 0 Å². The first kappa shape index (κ1) is 27.1. The van der Waals surface area contributed by atoms with Crippen LogP contribution in [0.15, 0.2) is 40.9 Å². The lowest BCUT2D eigenvalue weighted by molar-refractivity contribution is -0.137. The molecule has 0 amide bonds. The number of piperidine rings is 1. The van der Waals surface area contributed by atoms with E-state index in [0.717, 1.165) is 37.8 Å². The Balaban J connectivity index is 1.10. The molecule has 2 bridgehead atoms. The van der Waals surface area contributed by atoms with Crippen molar-refractivity contribution >= 4 is 32.8 Å². The highest BCUT2D eigenvalue weighted by Gasteiger charge is 2.43. The third kappa shape index (κ3) is 4.98. The van der Waals surface area contributed by atoms with Crippen LogP contribution in [-0.4, -0.2) is 39.6 Å². The minimum absolute atomic E-state index is 0.0193. The second-order valence-electron chi connectivity index (χ2n) is 11.0. The fourth-order valence-corrected chi connectivity index (χ4v) is 7.43. The zero-order valence-corrected chi connectivity index (χ0v) is 22.9. The molecule has 2 aromatic heterocycles. The summed E-state index contributed by atoms with van der Waals surface area (Å²) in [6.07, 6.45) is -1.22. The molecule has 4 aromatic rings. The average Bonchev–Trinajstić information content (AvgIpc) is 3.45. The lowest BCUT2D eigenvalue weighted by Crippen LogP contribution is -2.45. The van der Waals surface area contributed by atoms with Crippen LogP contribution in [0.25, 0.3) is 21.5 Å². The summed E-state index contributed by atoms with van der Waals surface area (Å²) in [5.41, 5.74) is 0.131. The first-order chi connectivity index (χ1) is 20.2. The SMILES string of the molecule is O=C(O)Oc1cc(F)c2nc(N3[C@@H]4CC[C@H]3CC(OCc3c(-c5ccccc5C(F)(F)F)noc3C3CC3)C4)sc2c1. The van der Waals surface area contributed by atoms with Gasteiger partial charge in [0.05, 0.1) is 23.0 Å². The van der Waals surface area contributed by atoms with E-state index in [-0.39, 0.29) is 53.2 Å². The van der Waals surface area contributed by atoms with E-state index in [1.54, 1.807) is 6.07 Å². The molecule has 3 fully saturated rings. The third-order valence-electron chi connectivity index (χ3n) is 8.24. The van der Waals surface area contributed by atoms with Crippen molar-refractivity contribution in [2.75, 3.05) is 4.90 Å². The van der Waals surface area contributed by atoms with Crippen molar-refractivity contribution in [3.8, 4) is 17.0 Å². The van der Waals surface area contributed by atoms with E-state index >= 15 is 0 Å². The second-order valence-corrected chi connectivity index (χ2v) is 12.0. The van der Waals surface area contributed by atoms with Gasteiger partial charge >= 0.3 is 12.3 Å². The molecular weight excluding hydrogens is 578 g/mol. The molecular formula is C29H25F4N3O5S. The Bertz CT molecular complexity index is 1650. The maximum absolute atomic E-state index is 14.7. The predicted octanol–water partition coefficient (Wildman–Crippen LogP) is 7.76. The van der Waals surface area contributed by atoms with Gasteiger partial charge in [0, 0.05) is 41.3 Å². The van der Waals surface area contributed by atoms with Gasteiger partial charge < -0.3 is 24.0 Å². The molecule has 7 rings (SSSR count). The van der Waals surface area contributed by atoms with E-state index in [1.165, 1.54) is 29.5 Å². The number of benzene rings is 2. The Morgan fingerprint density at radius 1 is 1.12 bits per heavy atom. The highest BCUT2D eigenvalue weighted by atomic mass is 32.1. The number of alkyl halides is 3. The van der Waals surface area contributed by atoms with E-state index in [9.17, 15) is 22.4 Å². The van der Waals surface area contributed by atoms with Crippen molar-refractivity contribution in [1.82, 2.24) is 10.1 Å². The second kappa shape index (κ2) is 10.2. The zero-order chi connectivity index (χ0) is 29.2. The van der Waals surface area contributed by atoms with Crippen molar-refractivity contribution in [2.24, 2.45) is 0 Å². The Morgan fingerprint density at radius 3 is 2.55 bits per heavy atom. The molecule has 4 heterocycles. The van der Waals surface area contributed by atoms with Gasteiger partial charge in [-0.1, -0.05) is 34.7 Å². The number of anilines is 1. The highest BCUT2D eigenvalue weighted by Crippen LogP contribution is 2.47. The monoisotopic (exact) mass is 603 g/mol. The summed E-state index contributed by atoms with van der Waals surface area (Å²) in [5.74, 6) is -0.0128. The topological polar surface area (TPSA) is 97.9 Å². The van der Waals surface area contributed by atoms with Gasteiger partial charge in [-0.2, -0.15) is 13.2 Å². The van der Waals surface area contributed by atoms with Gasteiger partial charge in [0.25, 0.3) is 0 Å². The van der Waals surface area contributed by atoms with E-state index < -0.39 is 23.7 Å². The molecule has 0 radical (unpaired) electrons. The van der Waals surface area contributed by atoms with Gasteiger partial charge in [0.15, 0.2) is 10.9 Å². The predicted molar refractivity (Wildman–Crippen MR) is 144 cm³/mol. The van der Waals surface area contributed by atoms with Crippen LogP contribution in [0, 0.1) is 5.82 Å². The summed E-state index contributed by atoms with van der Waals surface area (Å²) in [5, 5.41) is 13.6. The third-order valence-corrected chi connectivity index (χ3v) is 9.26. The molecule has 8 nitrogen and oxygen atoms in total. The molecule has 3 atom stereocenters. The van der Waals surface area contributed by atoms with E-state index in [0.29, 0.717) is 34.0 Å². The molecule has 1 aliphatic carbocycles. The van der Waals surface area contributed by atoms with Crippen LogP contribution in [0.3, 0.4) is 0 Å². The summed E-state index contributed by atoms with van der Waals surface area (Å²) >= 11 is 1.28. The summed E-state index contributed by atoms with van der Waals surface area (Å²) in [4.78, 5) is 17.6. The molecule has 3 aliphatic rings. The number of rotatable bonds is 7. The molecule has 1 saturated carbocycles. The number of hydrogen-bond donors (Lipinski definition) is 1. The minimum atomic E-state index is -4.53. The highest BCUT2D eigenvalue weighted by molar-refractivity contribution is 7.22. The number of hydrogen-bond acceptors (Lipinski definition) is 8. The van der Waals surface area contributed by atoms with Crippen molar-refractivity contribution in [3.63, 3.8) is 0 Å². The molecule has 220 valence electrons. The van der Waals surface area contributed by atoms with Crippen LogP contribution in [0.2, 0.25) is 0 Å². The number of fused-ring (bicyclic) bond motifs is 3. The maximum atomic E-state index is 14.7. The number of carbonyl (C=O) groups is 1. The van der Waals surface area contributed by atoms with Gasteiger partial charge in [-0.25, -0.2) is 14.2 Å². The first-order valence-electron chi connectivity index (χ1n) is 13.7. The number of carboxylic acid groups (broad SMARTS) is 1. The molecule has 2 aliphatic heterocycles. The Kier molecular flexibility index (Phi) is 6.61. The zero-order valence-electron chi connectivity index (χ0n) is 22.1. The van der Waals surface area contributed by atoms with Crippen LogP contribution >= 0.6 is 11.3 Å². The summed E-state index contributed by atoms with van der Waals surface area (Å²) in [7, 11) is 0. The number of nitrogens with zero attached hydrogens (tertiary/aromatic N) is 3. The maximum Gasteiger partial charge on any atom is 0.511 e. The van der Waals surface area contributed by atoms with Gasteiger partial charge in [0.1, 0.15) is 22.7 Å². The Morgan fingerprint density at radius 2 is 1.86 bits per heavy atom. The molecule has 2 aromatic carbocycles. The van der Waals surface area contributed by atoms with Crippen LogP contribution in [0.5, 0.6) is 5.75 Å². The van der Waals surface area contributed by atoms with Crippen molar-refractivity contribution in [1.29, 1.82) is 0 Å². The Labute approximate surface area is 240 Å². The number of halogens is 4. The number of aromatic nitrogens is 2. The van der Waals surface area contributed by atoms with Crippen molar-refractivity contribution < 1.29 is 41.5 Å². The largest absolute Gasteiger partial charge is 0.511 e. The fourth-order valence-electron chi connectivity index (χ4n) is 6.28. The fraction of sp³-hybridized carbons (Fsp3) is 0.414. The van der Waals surface area contributed by atoms with E-state index in [2.05, 4.69) is 19.8 Å². The molecule has 1 unspecified atom stereocenters. The van der Waals surface area contributed by atoms with Gasteiger partial charge in [0.2, 0.25) is 0 Å². The quantitative estimate of drug-likeness (QED) is 0.130. The molecule has 42 heavy (non-hydrogen) atoms. The molecule has 1 N–H and O–H groups in total. The lowest BCUT2D eigenvalue weighted by atomic mass is 9.98. The first-order valence-corrected chi connectivity index (χ1v) is 14.5. The summed E-state index contributed by atoms with van der Waals surface area (Å²) in [6.45, 7) is 0.0969. The van der Waals surface area contributed by atoms with Crippen LogP contribution in [-0.2, 0) is 17.5 Å². The van der Waals surface area contributed by atoms with Gasteiger partial charge in [-0.3, -0.25) is 0 Å². The van der Waals surface area contributed by atoms with Crippen LogP contribution in [0.4, 0.5) is 27.5 Å². The smallest absolute Gasteiger partial charge is 0.449 e. The van der Waals surface area contributed by atoms with E-state index in [1.807, 2.05) is 0 Å². The molecule has 0 spiro atoms. The number of thiazole rings is 1. The average molecular weight is 604 g/mol. The summed E-state index contributed by atoms with van der Waals surface area (Å²) < 4.78 is 73.2. The Hall–Kier alpha value is -3.71. The van der Waals surface area contributed by atoms with Crippen molar-refractivity contribution in [3.05, 3.63) is 59.1 Å². The molecule has 13 heteroatoms. The van der Waals surface area contributed by atoms with Crippen molar-refractivity contribution in [2.45, 2.75) is 75.4 Å². The summed E-state index contributed by atoms with van der Waals surface area (Å²) in [6, 6.07) is 8.06. The minimum Gasteiger partial charge on any atom is -0.449 e. The standard InChI is InChI=1S/C29H25F4N3O5S/c30-22-11-18(40-28(37)38)12-23-25(22)34-27(42-23)36-15-7-8-16(36)10-17(9-15)39-13-20-24(35-41-26(20)14-5-6-14)19-3-1-2-4-21(19)29(31,32)33/h1-4,11-12,14-17H,5-10,13H2,(H,37,38)/t15-,16+,17?. The van der Waals surface area contributed by atoms with Crippen LogP contribution < -0.4 is 9.64 Å².